The summed E-state index contributed by atoms with van der Waals surface area (Å²) in [5.41, 5.74) is 2.05. The molecule has 1 aromatic carbocycles. The van der Waals surface area contributed by atoms with Crippen molar-refractivity contribution in [2.45, 2.75) is 45.6 Å². The van der Waals surface area contributed by atoms with Crippen LogP contribution in [0.4, 0.5) is 5.69 Å². The Kier molecular flexibility index (Phi) is 5.41. The lowest BCUT2D eigenvalue weighted by Gasteiger charge is -2.29. The lowest BCUT2D eigenvalue weighted by Crippen LogP contribution is -2.26. The Hall–Kier alpha value is -2.30. The number of anilines is 1. The van der Waals surface area contributed by atoms with Gasteiger partial charge in [-0.3, -0.25) is 4.98 Å². The molecule has 3 rings (SSSR count). The summed E-state index contributed by atoms with van der Waals surface area (Å²) < 4.78 is 10.7. The molecule has 5 nitrogen and oxygen atoms in total. The van der Waals surface area contributed by atoms with Crippen LogP contribution in [-0.4, -0.2) is 30.7 Å². The van der Waals surface area contributed by atoms with Gasteiger partial charge in [-0.25, -0.2) is 4.79 Å². The molecule has 0 amide bonds. The minimum absolute atomic E-state index is 0.341. The van der Waals surface area contributed by atoms with Crippen LogP contribution in [0.3, 0.4) is 0 Å². The molecule has 134 valence electrons. The van der Waals surface area contributed by atoms with E-state index in [2.05, 4.69) is 17.2 Å². The normalized spacial score (nSPS) is 20.3. The Bertz CT molecular complexity index is 752. The number of carbonyl (C=O) groups excluding carboxylic acids is 1. The summed E-state index contributed by atoms with van der Waals surface area (Å²) in [5, 5.41) is 4.50. The van der Waals surface area contributed by atoms with Gasteiger partial charge in [0.1, 0.15) is 16.8 Å². The standard InChI is InChI=1S/C20H26N2O3/c1-4-25-20(23)16-12-21-19-15(6-5-7-17(19)24-3)18(16)22-14-10-8-13(2)9-11-14/h5-7,12-14H,4,8-11H2,1-3H3,(H,21,22). The number of fused-ring (bicyclic) bond motifs is 1. The molecule has 1 N–H and O–H groups in total. The molecule has 0 bridgehead atoms. The highest BCUT2D eigenvalue weighted by molar-refractivity contribution is 6.06. The Morgan fingerprint density at radius 1 is 1.28 bits per heavy atom. The summed E-state index contributed by atoms with van der Waals surface area (Å²) in [6, 6.07) is 6.14. The van der Waals surface area contributed by atoms with Crippen molar-refractivity contribution < 1.29 is 14.3 Å². The Morgan fingerprint density at radius 3 is 2.72 bits per heavy atom. The van der Waals surface area contributed by atoms with Crippen molar-refractivity contribution in [3.63, 3.8) is 0 Å². The molecule has 0 radical (unpaired) electrons. The molecule has 1 fully saturated rings. The number of carbonyl (C=O) groups is 1. The summed E-state index contributed by atoms with van der Waals surface area (Å²) in [6.45, 7) is 4.45. The van der Waals surface area contributed by atoms with Crippen molar-refractivity contribution >= 4 is 22.6 Å². The van der Waals surface area contributed by atoms with Crippen molar-refractivity contribution in [3.05, 3.63) is 30.0 Å². The number of nitrogens with one attached hydrogen (secondary N) is 1. The first-order valence-corrected chi connectivity index (χ1v) is 9.03. The SMILES string of the molecule is CCOC(=O)c1cnc2c(OC)cccc2c1NC1CCC(C)CC1. The number of ether oxygens (including phenoxy) is 2. The number of aromatic nitrogens is 1. The van der Waals surface area contributed by atoms with Gasteiger partial charge in [-0.1, -0.05) is 19.1 Å². The fraction of sp³-hybridized carbons (Fsp3) is 0.500. The van der Waals surface area contributed by atoms with E-state index in [9.17, 15) is 4.79 Å². The average molecular weight is 342 g/mol. The third-order valence-electron chi connectivity index (χ3n) is 4.94. The van der Waals surface area contributed by atoms with Crippen molar-refractivity contribution in [3.8, 4) is 5.75 Å². The predicted molar refractivity (Wildman–Crippen MR) is 99.3 cm³/mol. The second-order valence-electron chi connectivity index (χ2n) is 6.72. The van der Waals surface area contributed by atoms with E-state index in [4.69, 9.17) is 9.47 Å². The third-order valence-corrected chi connectivity index (χ3v) is 4.94. The molecule has 0 aliphatic heterocycles. The molecule has 1 aromatic heterocycles. The second-order valence-corrected chi connectivity index (χ2v) is 6.72. The van der Waals surface area contributed by atoms with E-state index < -0.39 is 0 Å². The monoisotopic (exact) mass is 342 g/mol. The first-order chi connectivity index (χ1) is 12.1. The van der Waals surface area contributed by atoms with E-state index in [1.807, 2.05) is 25.1 Å². The van der Waals surface area contributed by atoms with Crippen molar-refractivity contribution in [1.82, 2.24) is 4.98 Å². The predicted octanol–water partition coefficient (Wildman–Crippen LogP) is 4.41. The van der Waals surface area contributed by atoms with Crippen LogP contribution in [0.2, 0.25) is 0 Å². The first-order valence-electron chi connectivity index (χ1n) is 9.03. The topological polar surface area (TPSA) is 60.5 Å². The number of benzene rings is 1. The molecule has 0 atom stereocenters. The van der Waals surface area contributed by atoms with Crippen LogP contribution < -0.4 is 10.1 Å². The molecule has 2 aromatic rings. The zero-order valence-electron chi connectivity index (χ0n) is 15.2. The van der Waals surface area contributed by atoms with Crippen LogP contribution >= 0.6 is 0 Å². The molecular formula is C20H26N2O3. The maximum atomic E-state index is 12.4. The number of methoxy groups -OCH3 is 1. The fourth-order valence-electron chi connectivity index (χ4n) is 3.49. The lowest BCUT2D eigenvalue weighted by molar-refractivity contribution is 0.0527. The number of hydrogen-bond acceptors (Lipinski definition) is 5. The van der Waals surface area contributed by atoms with Crippen LogP contribution in [-0.2, 0) is 4.74 Å². The van der Waals surface area contributed by atoms with Gasteiger partial charge < -0.3 is 14.8 Å². The van der Waals surface area contributed by atoms with Gasteiger partial charge in [-0.05, 0) is 44.6 Å². The Morgan fingerprint density at radius 2 is 2.04 bits per heavy atom. The molecular weight excluding hydrogens is 316 g/mol. The van der Waals surface area contributed by atoms with Gasteiger partial charge in [0, 0.05) is 17.6 Å². The van der Waals surface area contributed by atoms with Crippen molar-refractivity contribution in [2.24, 2.45) is 5.92 Å². The van der Waals surface area contributed by atoms with Gasteiger partial charge >= 0.3 is 5.97 Å². The molecule has 1 aliphatic rings. The van der Waals surface area contributed by atoms with E-state index in [1.54, 1.807) is 13.3 Å². The number of pyridine rings is 1. The zero-order valence-corrected chi connectivity index (χ0v) is 15.2. The van der Waals surface area contributed by atoms with E-state index >= 15 is 0 Å². The van der Waals surface area contributed by atoms with Gasteiger partial charge in [0.2, 0.25) is 0 Å². The van der Waals surface area contributed by atoms with Crippen LogP contribution in [0.1, 0.15) is 49.9 Å². The van der Waals surface area contributed by atoms with Crippen molar-refractivity contribution in [1.29, 1.82) is 0 Å². The van der Waals surface area contributed by atoms with Gasteiger partial charge in [-0.15, -0.1) is 0 Å². The van der Waals surface area contributed by atoms with Crippen LogP contribution in [0.15, 0.2) is 24.4 Å². The summed E-state index contributed by atoms with van der Waals surface area (Å²) in [6.07, 6.45) is 6.22. The largest absolute Gasteiger partial charge is 0.494 e. The highest BCUT2D eigenvalue weighted by atomic mass is 16.5. The zero-order chi connectivity index (χ0) is 17.8. The van der Waals surface area contributed by atoms with Crippen LogP contribution in [0.5, 0.6) is 5.75 Å². The number of esters is 1. The highest BCUT2D eigenvalue weighted by Gasteiger charge is 2.23. The molecule has 0 saturated heterocycles. The Balaban J connectivity index is 2.04. The average Bonchev–Trinajstić information content (AvgIpc) is 2.63. The van der Waals surface area contributed by atoms with E-state index in [0.29, 0.717) is 24.0 Å². The summed E-state index contributed by atoms with van der Waals surface area (Å²) >= 11 is 0. The molecule has 1 saturated carbocycles. The minimum Gasteiger partial charge on any atom is -0.494 e. The van der Waals surface area contributed by atoms with Gasteiger partial charge in [0.15, 0.2) is 0 Å². The van der Waals surface area contributed by atoms with E-state index in [0.717, 1.165) is 35.3 Å². The quantitative estimate of drug-likeness (QED) is 0.816. The minimum atomic E-state index is -0.341. The molecule has 5 heteroatoms. The lowest BCUT2D eigenvalue weighted by atomic mass is 9.87. The van der Waals surface area contributed by atoms with E-state index in [1.165, 1.54) is 12.8 Å². The number of nitrogens with zero attached hydrogens (tertiary/aromatic N) is 1. The summed E-state index contributed by atoms with van der Waals surface area (Å²) in [4.78, 5) is 16.9. The highest BCUT2D eigenvalue weighted by Crippen LogP contribution is 2.34. The maximum Gasteiger partial charge on any atom is 0.341 e. The molecule has 0 unspecified atom stereocenters. The second kappa shape index (κ2) is 7.72. The van der Waals surface area contributed by atoms with Crippen LogP contribution in [0.25, 0.3) is 10.9 Å². The molecule has 1 heterocycles. The smallest absolute Gasteiger partial charge is 0.341 e. The van der Waals surface area contributed by atoms with E-state index in [-0.39, 0.29) is 5.97 Å². The molecule has 1 aliphatic carbocycles. The Labute approximate surface area is 148 Å². The fourth-order valence-corrected chi connectivity index (χ4v) is 3.49. The number of rotatable bonds is 5. The first kappa shape index (κ1) is 17.5. The number of para-hydroxylation sites is 1. The maximum absolute atomic E-state index is 12.4. The van der Waals surface area contributed by atoms with Gasteiger partial charge in [-0.2, -0.15) is 0 Å². The van der Waals surface area contributed by atoms with Gasteiger partial charge in [0.05, 0.1) is 19.4 Å². The number of hydrogen-bond donors (Lipinski definition) is 1. The van der Waals surface area contributed by atoms with Crippen LogP contribution in [0, 0.1) is 5.92 Å². The third kappa shape index (κ3) is 3.70. The van der Waals surface area contributed by atoms with Crippen molar-refractivity contribution in [2.75, 3.05) is 19.0 Å². The molecule has 25 heavy (non-hydrogen) atoms. The molecule has 0 spiro atoms. The van der Waals surface area contributed by atoms with Gasteiger partial charge in [0.25, 0.3) is 0 Å². The summed E-state index contributed by atoms with van der Waals surface area (Å²) in [5.74, 6) is 1.14. The summed E-state index contributed by atoms with van der Waals surface area (Å²) in [7, 11) is 1.63.